The summed E-state index contributed by atoms with van der Waals surface area (Å²) in [6.45, 7) is 2.83. The normalized spacial score (nSPS) is 26.4. The number of amides is 1. The third-order valence-corrected chi connectivity index (χ3v) is 4.94. The molecule has 0 atom stereocenters. The predicted octanol–water partition coefficient (Wildman–Crippen LogP) is 2.01. The fourth-order valence-corrected chi connectivity index (χ4v) is 3.62. The van der Waals surface area contributed by atoms with Crippen molar-refractivity contribution in [2.24, 2.45) is 5.92 Å². The number of carboxylic acids is 1. The Hall–Kier alpha value is -1.10. The summed E-state index contributed by atoms with van der Waals surface area (Å²) in [6.07, 6.45) is 8.70. The van der Waals surface area contributed by atoms with E-state index in [0.717, 1.165) is 19.4 Å². The Bertz CT molecular complexity index is 361. The molecule has 5 heteroatoms. The van der Waals surface area contributed by atoms with Gasteiger partial charge in [-0.05, 0) is 38.1 Å². The van der Waals surface area contributed by atoms with E-state index in [1.807, 2.05) is 11.8 Å². The van der Waals surface area contributed by atoms with Crippen LogP contribution >= 0.6 is 0 Å². The fourth-order valence-electron chi connectivity index (χ4n) is 3.62. The first kappa shape index (κ1) is 16.3. The standard InChI is InChI=1S/C16H28N2O3/c1-2-18(11-16(20)21)14-9-13(10-14)17-15(19)8-12-6-4-3-5-7-12/h12-14H,2-11H2,1H3,(H,17,19)(H,20,21). The number of carboxylic acid groups (broad SMARTS) is 1. The summed E-state index contributed by atoms with van der Waals surface area (Å²) in [5.41, 5.74) is 0. The highest BCUT2D eigenvalue weighted by Gasteiger charge is 2.34. The van der Waals surface area contributed by atoms with Gasteiger partial charge in [0.05, 0.1) is 6.54 Å². The molecule has 120 valence electrons. The van der Waals surface area contributed by atoms with Crippen LogP contribution in [0.4, 0.5) is 0 Å². The van der Waals surface area contributed by atoms with E-state index in [1.165, 1.54) is 32.1 Å². The van der Waals surface area contributed by atoms with E-state index in [4.69, 9.17) is 5.11 Å². The third kappa shape index (κ3) is 4.99. The number of hydrogen-bond acceptors (Lipinski definition) is 3. The lowest BCUT2D eigenvalue weighted by Crippen LogP contribution is -2.54. The highest BCUT2D eigenvalue weighted by atomic mass is 16.4. The summed E-state index contributed by atoms with van der Waals surface area (Å²) < 4.78 is 0. The summed E-state index contributed by atoms with van der Waals surface area (Å²) in [7, 11) is 0. The van der Waals surface area contributed by atoms with Crippen molar-refractivity contribution in [3.8, 4) is 0 Å². The Morgan fingerprint density at radius 1 is 1.19 bits per heavy atom. The predicted molar refractivity (Wildman–Crippen MR) is 81.0 cm³/mol. The zero-order valence-electron chi connectivity index (χ0n) is 13.0. The average molecular weight is 296 g/mol. The Labute approximate surface area is 127 Å². The minimum atomic E-state index is -0.776. The average Bonchev–Trinajstić information content (AvgIpc) is 2.41. The second kappa shape index (κ2) is 7.78. The van der Waals surface area contributed by atoms with E-state index >= 15 is 0 Å². The molecule has 2 aliphatic carbocycles. The highest BCUT2D eigenvalue weighted by Crippen LogP contribution is 2.28. The van der Waals surface area contributed by atoms with Crippen LogP contribution in [0.3, 0.4) is 0 Å². The largest absolute Gasteiger partial charge is 0.480 e. The minimum absolute atomic E-state index is 0.101. The van der Waals surface area contributed by atoms with Crippen molar-refractivity contribution in [3.63, 3.8) is 0 Å². The van der Waals surface area contributed by atoms with Crippen LogP contribution in [0.25, 0.3) is 0 Å². The van der Waals surface area contributed by atoms with Gasteiger partial charge in [0.1, 0.15) is 0 Å². The second-order valence-corrected chi connectivity index (χ2v) is 6.55. The number of aliphatic carboxylic acids is 1. The molecule has 0 aromatic heterocycles. The Kier molecular flexibility index (Phi) is 6.03. The number of nitrogens with zero attached hydrogens (tertiary/aromatic N) is 1. The maximum absolute atomic E-state index is 12.0. The molecular weight excluding hydrogens is 268 g/mol. The molecule has 2 saturated carbocycles. The van der Waals surface area contributed by atoms with Crippen LogP contribution in [-0.2, 0) is 9.59 Å². The van der Waals surface area contributed by atoms with Crippen LogP contribution in [-0.4, -0.2) is 47.1 Å². The lowest BCUT2D eigenvalue weighted by Gasteiger charge is -2.42. The fraction of sp³-hybridized carbons (Fsp3) is 0.875. The molecule has 0 aliphatic heterocycles. The van der Waals surface area contributed by atoms with Crippen molar-refractivity contribution >= 4 is 11.9 Å². The minimum Gasteiger partial charge on any atom is -0.480 e. The number of nitrogens with one attached hydrogen (secondary N) is 1. The van der Waals surface area contributed by atoms with Gasteiger partial charge in [-0.2, -0.15) is 0 Å². The molecule has 0 aromatic carbocycles. The number of rotatable bonds is 7. The molecular formula is C16H28N2O3. The molecule has 2 aliphatic rings. The molecule has 2 N–H and O–H groups in total. The van der Waals surface area contributed by atoms with Crippen molar-refractivity contribution < 1.29 is 14.7 Å². The lowest BCUT2D eigenvalue weighted by atomic mass is 9.84. The van der Waals surface area contributed by atoms with Crippen molar-refractivity contribution in [3.05, 3.63) is 0 Å². The molecule has 2 fully saturated rings. The third-order valence-electron chi connectivity index (χ3n) is 4.94. The lowest BCUT2D eigenvalue weighted by molar-refractivity contribution is -0.139. The van der Waals surface area contributed by atoms with Gasteiger partial charge in [-0.3, -0.25) is 14.5 Å². The molecule has 0 heterocycles. The van der Waals surface area contributed by atoms with Gasteiger partial charge in [0, 0.05) is 18.5 Å². The van der Waals surface area contributed by atoms with Gasteiger partial charge in [-0.1, -0.05) is 26.2 Å². The first-order valence-corrected chi connectivity index (χ1v) is 8.33. The summed E-state index contributed by atoms with van der Waals surface area (Å²) in [6, 6.07) is 0.556. The summed E-state index contributed by atoms with van der Waals surface area (Å²) in [4.78, 5) is 24.8. The number of carbonyl (C=O) groups is 2. The molecule has 0 aromatic rings. The highest BCUT2D eigenvalue weighted by molar-refractivity contribution is 5.76. The molecule has 0 unspecified atom stereocenters. The molecule has 21 heavy (non-hydrogen) atoms. The van der Waals surface area contributed by atoms with Crippen LogP contribution in [0.1, 0.15) is 58.3 Å². The second-order valence-electron chi connectivity index (χ2n) is 6.55. The Morgan fingerprint density at radius 3 is 2.43 bits per heavy atom. The Morgan fingerprint density at radius 2 is 1.86 bits per heavy atom. The first-order valence-electron chi connectivity index (χ1n) is 8.33. The van der Waals surface area contributed by atoms with Crippen molar-refractivity contribution in [2.45, 2.75) is 70.4 Å². The number of carbonyl (C=O) groups excluding carboxylic acids is 1. The van der Waals surface area contributed by atoms with Gasteiger partial charge in [0.15, 0.2) is 0 Å². The van der Waals surface area contributed by atoms with Crippen molar-refractivity contribution in [1.82, 2.24) is 10.2 Å². The van der Waals surface area contributed by atoms with E-state index in [2.05, 4.69) is 5.32 Å². The van der Waals surface area contributed by atoms with Crippen LogP contribution in [0.2, 0.25) is 0 Å². The Balaban J connectivity index is 1.64. The number of hydrogen-bond donors (Lipinski definition) is 2. The van der Waals surface area contributed by atoms with Gasteiger partial charge < -0.3 is 10.4 Å². The maximum Gasteiger partial charge on any atom is 0.317 e. The SMILES string of the molecule is CCN(CC(=O)O)C1CC(NC(=O)CC2CCCCC2)C1. The van der Waals surface area contributed by atoms with Crippen LogP contribution < -0.4 is 5.32 Å². The molecule has 0 saturated heterocycles. The van der Waals surface area contributed by atoms with Crippen molar-refractivity contribution in [1.29, 1.82) is 0 Å². The van der Waals surface area contributed by atoms with Crippen LogP contribution in [0.5, 0.6) is 0 Å². The van der Waals surface area contributed by atoms with Crippen molar-refractivity contribution in [2.75, 3.05) is 13.1 Å². The van der Waals surface area contributed by atoms with Crippen LogP contribution in [0, 0.1) is 5.92 Å². The molecule has 0 spiro atoms. The maximum atomic E-state index is 12.0. The van der Waals surface area contributed by atoms with E-state index in [0.29, 0.717) is 18.4 Å². The van der Waals surface area contributed by atoms with Gasteiger partial charge in [-0.15, -0.1) is 0 Å². The molecule has 2 rings (SSSR count). The van der Waals surface area contributed by atoms with Gasteiger partial charge in [0.25, 0.3) is 0 Å². The number of likely N-dealkylation sites (N-methyl/N-ethyl adjacent to an activating group) is 1. The van der Waals surface area contributed by atoms with E-state index < -0.39 is 5.97 Å². The van der Waals surface area contributed by atoms with E-state index in [9.17, 15) is 9.59 Å². The van der Waals surface area contributed by atoms with Gasteiger partial charge in [0.2, 0.25) is 5.91 Å². The molecule has 0 radical (unpaired) electrons. The summed E-state index contributed by atoms with van der Waals surface area (Å²) in [5.74, 6) is -0.0120. The van der Waals surface area contributed by atoms with Gasteiger partial charge >= 0.3 is 5.97 Å². The van der Waals surface area contributed by atoms with Gasteiger partial charge in [-0.25, -0.2) is 0 Å². The molecule has 1 amide bonds. The topological polar surface area (TPSA) is 69.6 Å². The quantitative estimate of drug-likeness (QED) is 0.754. The zero-order chi connectivity index (χ0) is 15.2. The van der Waals surface area contributed by atoms with Crippen LogP contribution in [0.15, 0.2) is 0 Å². The molecule has 5 nitrogen and oxygen atoms in total. The smallest absolute Gasteiger partial charge is 0.317 e. The summed E-state index contributed by atoms with van der Waals surface area (Å²) >= 11 is 0. The monoisotopic (exact) mass is 296 g/mol. The molecule has 0 bridgehead atoms. The van der Waals surface area contributed by atoms with E-state index in [1.54, 1.807) is 0 Å². The summed E-state index contributed by atoms with van der Waals surface area (Å²) in [5, 5.41) is 12.0. The zero-order valence-corrected chi connectivity index (χ0v) is 13.0. The first-order chi connectivity index (χ1) is 10.1. The van der Waals surface area contributed by atoms with E-state index in [-0.39, 0.29) is 18.5 Å².